The number of carboxylic acids is 1. The largest absolute Gasteiger partial charge is 0.480 e. The Morgan fingerprint density at radius 2 is 1.93 bits per heavy atom. The number of carbonyl (C=O) groups excluding carboxylic acids is 2. The molecule has 7 heteroatoms. The minimum atomic E-state index is -1.14. The topological polar surface area (TPSA) is 102 Å². The minimum Gasteiger partial charge on any atom is -0.480 e. The molecule has 0 unspecified atom stereocenters. The monoisotopic (exact) mass is 219 g/mol. The first-order valence-electron chi connectivity index (χ1n) is 4.19. The van der Waals surface area contributed by atoms with Crippen molar-refractivity contribution < 1.29 is 29.0 Å². The summed E-state index contributed by atoms with van der Waals surface area (Å²) in [5.41, 5.74) is 0. The van der Waals surface area contributed by atoms with Gasteiger partial charge in [-0.3, -0.25) is 9.59 Å². The molecule has 15 heavy (non-hydrogen) atoms. The Bertz CT molecular complexity index is 239. The highest BCUT2D eigenvalue weighted by atomic mass is 16.5. The molecule has 0 aromatic carbocycles. The van der Waals surface area contributed by atoms with Gasteiger partial charge < -0.3 is 19.9 Å². The van der Waals surface area contributed by atoms with E-state index >= 15 is 0 Å². The van der Waals surface area contributed by atoms with E-state index in [0.717, 1.165) is 0 Å². The first kappa shape index (κ1) is 13.4. The lowest BCUT2D eigenvalue weighted by atomic mass is 10.4. The van der Waals surface area contributed by atoms with Gasteiger partial charge in [-0.25, -0.2) is 4.79 Å². The summed E-state index contributed by atoms with van der Waals surface area (Å²) in [5.74, 6) is -2.04. The molecular weight excluding hydrogens is 206 g/mol. The molecule has 0 atom stereocenters. The van der Waals surface area contributed by atoms with Crippen molar-refractivity contribution >= 4 is 17.8 Å². The second-order valence-corrected chi connectivity index (χ2v) is 2.56. The predicted molar refractivity (Wildman–Crippen MR) is 48.1 cm³/mol. The van der Waals surface area contributed by atoms with Crippen molar-refractivity contribution in [1.82, 2.24) is 5.32 Å². The van der Waals surface area contributed by atoms with Gasteiger partial charge in [-0.15, -0.1) is 0 Å². The van der Waals surface area contributed by atoms with Gasteiger partial charge in [-0.2, -0.15) is 0 Å². The fraction of sp³-hybridized carbons (Fsp3) is 0.625. The highest BCUT2D eigenvalue weighted by Crippen LogP contribution is 1.82. The van der Waals surface area contributed by atoms with Gasteiger partial charge in [0.15, 0.2) is 0 Å². The Kier molecular flexibility index (Phi) is 6.90. The molecule has 0 heterocycles. The number of rotatable bonds is 7. The molecule has 0 rings (SSSR count). The van der Waals surface area contributed by atoms with Gasteiger partial charge in [-0.05, 0) is 0 Å². The normalized spacial score (nSPS) is 9.40. The Morgan fingerprint density at radius 1 is 1.27 bits per heavy atom. The summed E-state index contributed by atoms with van der Waals surface area (Å²) in [7, 11) is 1.25. The van der Waals surface area contributed by atoms with E-state index < -0.39 is 24.5 Å². The van der Waals surface area contributed by atoms with Crippen molar-refractivity contribution in [3.8, 4) is 0 Å². The molecule has 0 aliphatic heterocycles. The number of carbonyl (C=O) groups is 3. The number of hydrogen-bond donors (Lipinski definition) is 2. The average Bonchev–Trinajstić information content (AvgIpc) is 2.17. The third kappa shape index (κ3) is 8.69. The van der Waals surface area contributed by atoms with Crippen LogP contribution in [0.2, 0.25) is 0 Å². The molecule has 0 aliphatic carbocycles. The zero-order valence-corrected chi connectivity index (χ0v) is 8.32. The van der Waals surface area contributed by atoms with Crippen molar-refractivity contribution in [2.45, 2.75) is 6.42 Å². The number of ether oxygens (including phenoxy) is 2. The molecule has 0 bridgehead atoms. The molecule has 0 fully saturated rings. The van der Waals surface area contributed by atoms with Crippen molar-refractivity contribution in [1.29, 1.82) is 0 Å². The van der Waals surface area contributed by atoms with Crippen LogP contribution in [0.4, 0.5) is 0 Å². The van der Waals surface area contributed by atoms with E-state index in [2.05, 4.69) is 14.8 Å². The number of esters is 1. The molecule has 0 saturated carbocycles. The van der Waals surface area contributed by atoms with E-state index in [1.54, 1.807) is 0 Å². The lowest BCUT2D eigenvalue weighted by Gasteiger charge is -2.03. The van der Waals surface area contributed by atoms with E-state index in [9.17, 15) is 14.4 Å². The van der Waals surface area contributed by atoms with Crippen LogP contribution in [0.3, 0.4) is 0 Å². The quantitative estimate of drug-likeness (QED) is 0.519. The SMILES string of the molecule is COC(=O)CCNC(=O)COCC(=O)O. The molecule has 0 spiro atoms. The maximum absolute atomic E-state index is 10.9. The summed E-state index contributed by atoms with van der Waals surface area (Å²) in [4.78, 5) is 31.5. The molecule has 1 amide bonds. The average molecular weight is 219 g/mol. The van der Waals surface area contributed by atoms with Gasteiger partial charge in [-0.1, -0.05) is 0 Å². The molecule has 0 saturated heterocycles. The molecule has 2 N–H and O–H groups in total. The van der Waals surface area contributed by atoms with Crippen LogP contribution in [0, 0.1) is 0 Å². The first-order valence-corrected chi connectivity index (χ1v) is 4.19. The van der Waals surface area contributed by atoms with Crippen molar-refractivity contribution in [3.63, 3.8) is 0 Å². The van der Waals surface area contributed by atoms with Crippen molar-refractivity contribution in [2.75, 3.05) is 26.9 Å². The lowest BCUT2D eigenvalue weighted by molar-refractivity contribution is -0.143. The molecule has 0 radical (unpaired) electrons. The van der Waals surface area contributed by atoms with Crippen LogP contribution >= 0.6 is 0 Å². The van der Waals surface area contributed by atoms with Gasteiger partial charge in [0.2, 0.25) is 5.91 Å². The highest BCUT2D eigenvalue weighted by molar-refractivity contribution is 5.78. The number of carboxylic acid groups (broad SMARTS) is 1. The van der Waals surface area contributed by atoms with Crippen molar-refractivity contribution in [2.24, 2.45) is 0 Å². The Labute approximate surface area is 86.3 Å². The van der Waals surface area contributed by atoms with Crippen LogP contribution in [-0.4, -0.2) is 49.8 Å². The fourth-order valence-electron chi connectivity index (χ4n) is 0.688. The maximum Gasteiger partial charge on any atom is 0.329 e. The third-order valence-electron chi connectivity index (χ3n) is 1.34. The molecule has 0 aromatic heterocycles. The molecule has 7 nitrogen and oxygen atoms in total. The third-order valence-corrected chi connectivity index (χ3v) is 1.34. The van der Waals surface area contributed by atoms with Crippen molar-refractivity contribution in [3.05, 3.63) is 0 Å². The van der Waals surface area contributed by atoms with Crippen LogP contribution in [0.25, 0.3) is 0 Å². The lowest BCUT2D eigenvalue weighted by Crippen LogP contribution is -2.30. The zero-order valence-electron chi connectivity index (χ0n) is 8.32. The molecule has 0 aliphatic rings. The van der Waals surface area contributed by atoms with Gasteiger partial charge in [0.05, 0.1) is 13.5 Å². The highest BCUT2D eigenvalue weighted by Gasteiger charge is 2.04. The molecule has 86 valence electrons. The standard InChI is InChI=1S/C8H13NO6/c1-14-8(13)2-3-9-6(10)4-15-5-7(11)12/h2-5H2,1H3,(H,9,10)(H,11,12). The smallest absolute Gasteiger partial charge is 0.329 e. The van der Waals surface area contributed by atoms with Crippen LogP contribution in [0.1, 0.15) is 6.42 Å². The van der Waals surface area contributed by atoms with Crippen LogP contribution < -0.4 is 5.32 Å². The van der Waals surface area contributed by atoms with E-state index in [1.807, 2.05) is 0 Å². The Hall–Kier alpha value is -1.63. The van der Waals surface area contributed by atoms with Gasteiger partial charge in [0, 0.05) is 6.54 Å². The summed E-state index contributed by atoms with van der Waals surface area (Å²) in [6, 6.07) is 0. The number of aliphatic carboxylic acids is 1. The number of amides is 1. The number of hydrogen-bond acceptors (Lipinski definition) is 5. The number of methoxy groups -OCH3 is 1. The van der Waals surface area contributed by atoms with Crippen LogP contribution in [-0.2, 0) is 23.9 Å². The van der Waals surface area contributed by atoms with Crippen LogP contribution in [0.5, 0.6) is 0 Å². The van der Waals surface area contributed by atoms with Gasteiger partial charge in [0.25, 0.3) is 0 Å². The minimum absolute atomic E-state index is 0.0706. The predicted octanol–water partition coefficient (Wildman–Crippen LogP) is -1.23. The Morgan fingerprint density at radius 3 is 2.47 bits per heavy atom. The molecular formula is C8H13NO6. The summed E-state index contributed by atoms with van der Waals surface area (Å²) in [6.07, 6.45) is 0.0706. The van der Waals surface area contributed by atoms with Crippen LogP contribution in [0.15, 0.2) is 0 Å². The number of nitrogens with one attached hydrogen (secondary N) is 1. The summed E-state index contributed by atoms with van der Waals surface area (Å²) >= 11 is 0. The van der Waals surface area contributed by atoms with E-state index in [4.69, 9.17) is 5.11 Å². The zero-order chi connectivity index (χ0) is 11.7. The second kappa shape index (κ2) is 7.74. The van der Waals surface area contributed by atoms with E-state index in [0.29, 0.717) is 0 Å². The first-order chi connectivity index (χ1) is 7.06. The molecule has 0 aromatic rings. The maximum atomic E-state index is 10.9. The Balaban J connectivity index is 3.41. The van der Waals surface area contributed by atoms with E-state index in [-0.39, 0.29) is 19.6 Å². The summed E-state index contributed by atoms with van der Waals surface area (Å²) < 4.78 is 8.86. The second-order valence-electron chi connectivity index (χ2n) is 2.56. The van der Waals surface area contributed by atoms with E-state index in [1.165, 1.54) is 7.11 Å². The van der Waals surface area contributed by atoms with Gasteiger partial charge in [0.1, 0.15) is 13.2 Å². The summed E-state index contributed by atoms with van der Waals surface area (Å²) in [5, 5.41) is 10.6. The van der Waals surface area contributed by atoms with Gasteiger partial charge >= 0.3 is 11.9 Å². The summed E-state index contributed by atoms with van der Waals surface area (Å²) in [6.45, 7) is -0.722. The fourth-order valence-corrected chi connectivity index (χ4v) is 0.688.